The summed E-state index contributed by atoms with van der Waals surface area (Å²) in [6.07, 6.45) is 0.395. The Bertz CT molecular complexity index is 527. The summed E-state index contributed by atoms with van der Waals surface area (Å²) < 4.78 is 5.06. The molecule has 0 saturated heterocycles. The van der Waals surface area contributed by atoms with Gasteiger partial charge in [0.25, 0.3) is 0 Å². The van der Waals surface area contributed by atoms with Crippen LogP contribution in [0.5, 0.6) is 0 Å². The van der Waals surface area contributed by atoms with Crippen LogP contribution in [0.3, 0.4) is 0 Å². The maximum Gasteiger partial charge on any atom is 0.229 e. The van der Waals surface area contributed by atoms with Crippen molar-refractivity contribution in [1.29, 1.82) is 0 Å². The molecular formula is C14H18N2O2. The quantitative estimate of drug-likeness (QED) is 0.904. The van der Waals surface area contributed by atoms with Gasteiger partial charge >= 0.3 is 0 Å². The summed E-state index contributed by atoms with van der Waals surface area (Å²) in [6, 6.07) is 8.13. The molecule has 1 aromatic carbocycles. The van der Waals surface area contributed by atoms with Gasteiger partial charge < -0.3 is 9.63 Å². The lowest BCUT2D eigenvalue weighted by Crippen LogP contribution is -2.10. The number of hydrogen-bond donors (Lipinski definition) is 1. The summed E-state index contributed by atoms with van der Waals surface area (Å²) in [7, 11) is 0. The van der Waals surface area contributed by atoms with Gasteiger partial charge in [-0.2, -0.15) is 4.98 Å². The van der Waals surface area contributed by atoms with E-state index >= 15 is 0 Å². The molecule has 0 unspecified atom stereocenters. The molecule has 0 atom stereocenters. The Morgan fingerprint density at radius 3 is 2.72 bits per heavy atom. The molecule has 2 aromatic rings. The van der Waals surface area contributed by atoms with E-state index in [0.717, 1.165) is 5.56 Å². The average molecular weight is 246 g/mol. The first kappa shape index (κ1) is 12.8. The maximum absolute atomic E-state index is 8.82. The first-order valence-electron chi connectivity index (χ1n) is 6.05. The van der Waals surface area contributed by atoms with Crippen LogP contribution in [0.1, 0.15) is 32.2 Å². The molecule has 0 saturated carbocycles. The molecule has 1 N–H and O–H groups in total. The lowest BCUT2D eigenvalue weighted by molar-refractivity contribution is 0.274. The fourth-order valence-corrected chi connectivity index (χ4v) is 1.69. The minimum atomic E-state index is 0.0175. The molecule has 4 nitrogen and oxygen atoms in total. The second-order valence-electron chi connectivity index (χ2n) is 5.32. The summed E-state index contributed by atoms with van der Waals surface area (Å²) in [4.78, 5) is 4.26. The van der Waals surface area contributed by atoms with E-state index in [-0.39, 0.29) is 12.0 Å². The second-order valence-corrected chi connectivity index (χ2v) is 5.32. The van der Waals surface area contributed by atoms with Crippen molar-refractivity contribution in [1.82, 2.24) is 10.1 Å². The van der Waals surface area contributed by atoms with Gasteiger partial charge in [-0.05, 0) is 17.0 Å². The normalized spacial score (nSPS) is 11.8. The molecule has 0 spiro atoms. The van der Waals surface area contributed by atoms with E-state index in [1.54, 1.807) is 0 Å². The van der Waals surface area contributed by atoms with Crippen LogP contribution >= 0.6 is 0 Å². The molecule has 1 heterocycles. The van der Waals surface area contributed by atoms with Crippen LogP contribution < -0.4 is 0 Å². The van der Waals surface area contributed by atoms with E-state index in [4.69, 9.17) is 9.63 Å². The van der Waals surface area contributed by atoms with Crippen molar-refractivity contribution in [2.24, 2.45) is 0 Å². The van der Waals surface area contributed by atoms with E-state index in [1.165, 1.54) is 5.56 Å². The standard InChI is InChI=1S/C14H18N2O2/c1-14(2,3)11-6-4-5-10(9-11)13-15-12(7-8-17)18-16-13/h4-6,9,17H,7-8H2,1-3H3. The van der Waals surface area contributed by atoms with Crippen molar-refractivity contribution in [3.05, 3.63) is 35.7 Å². The van der Waals surface area contributed by atoms with Gasteiger partial charge in [-0.3, -0.25) is 0 Å². The van der Waals surface area contributed by atoms with Crippen molar-refractivity contribution >= 4 is 0 Å². The molecule has 4 heteroatoms. The third-order valence-electron chi connectivity index (χ3n) is 2.78. The second kappa shape index (κ2) is 4.90. The highest BCUT2D eigenvalue weighted by Gasteiger charge is 2.15. The molecule has 0 radical (unpaired) electrons. The Labute approximate surface area is 107 Å². The number of benzene rings is 1. The number of nitrogens with zero attached hydrogens (tertiary/aromatic N) is 2. The molecule has 0 amide bonds. The number of rotatable bonds is 3. The summed E-state index contributed by atoms with van der Waals surface area (Å²) in [5, 5.41) is 12.8. The number of aromatic nitrogens is 2. The lowest BCUT2D eigenvalue weighted by Gasteiger charge is -2.19. The van der Waals surface area contributed by atoms with E-state index in [1.807, 2.05) is 12.1 Å². The zero-order valence-corrected chi connectivity index (χ0v) is 11.0. The first-order chi connectivity index (χ1) is 8.50. The third-order valence-corrected chi connectivity index (χ3v) is 2.78. The molecule has 0 fully saturated rings. The van der Waals surface area contributed by atoms with E-state index in [2.05, 4.69) is 43.0 Å². The Balaban J connectivity index is 2.32. The molecule has 2 rings (SSSR count). The topological polar surface area (TPSA) is 59.2 Å². The van der Waals surface area contributed by atoms with Crippen LogP contribution in [0.15, 0.2) is 28.8 Å². The number of aliphatic hydroxyl groups is 1. The van der Waals surface area contributed by atoms with Crippen LogP contribution in [0, 0.1) is 0 Å². The van der Waals surface area contributed by atoms with E-state index < -0.39 is 0 Å². The molecule has 18 heavy (non-hydrogen) atoms. The zero-order valence-electron chi connectivity index (χ0n) is 11.0. The van der Waals surface area contributed by atoms with Crippen LogP contribution in [-0.2, 0) is 11.8 Å². The highest BCUT2D eigenvalue weighted by molar-refractivity contribution is 5.56. The summed E-state index contributed by atoms with van der Waals surface area (Å²) in [6.45, 7) is 6.52. The summed E-state index contributed by atoms with van der Waals surface area (Å²) >= 11 is 0. The van der Waals surface area contributed by atoms with Crippen molar-refractivity contribution in [3.8, 4) is 11.4 Å². The van der Waals surface area contributed by atoms with Crippen LogP contribution in [0.4, 0.5) is 0 Å². The minimum Gasteiger partial charge on any atom is -0.396 e. The van der Waals surface area contributed by atoms with Gasteiger partial charge in [0.05, 0.1) is 13.0 Å². The molecular weight excluding hydrogens is 228 g/mol. The molecule has 0 aliphatic heterocycles. The van der Waals surface area contributed by atoms with E-state index in [9.17, 15) is 0 Å². The smallest absolute Gasteiger partial charge is 0.229 e. The van der Waals surface area contributed by atoms with Crippen LogP contribution in [0.2, 0.25) is 0 Å². The SMILES string of the molecule is CC(C)(C)c1cccc(-c2noc(CCO)n2)c1. The molecule has 96 valence electrons. The van der Waals surface area contributed by atoms with Crippen molar-refractivity contribution in [2.45, 2.75) is 32.6 Å². The third kappa shape index (κ3) is 2.76. The zero-order chi connectivity index (χ0) is 13.2. The number of hydrogen-bond acceptors (Lipinski definition) is 4. The Kier molecular flexibility index (Phi) is 3.48. The molecule has 0 bridgehead atoms. The highest BCUT2D eigenvalue weighted by Crippen LogP contribution is 2.26. The predicted octanol–water partition coefficient (Wildman–Crippen LogP) is 2.57. The van der Waals surface area contributed by atoms with Gasteiger partial charge in [0, 0.05) is 5.56 Å². The van der Waals surface area contributed by atoms with Crippen molar-refractivity contribution in [2.75, 3.05) is 6.61 Å². The fraction of sp³-hybridized carbons (Fsp3) is 0.429. The highest BCUT2D eigenvalue weighted by atomic mass is 16.5. The van der Waals surface area contributed by atoms with Crippen molar-refractivity contribution in [3.63, 3.8) is 0 Å². The van der Waals surface area contributed by atoms with E-state index in [0.29, 0.717) is 18.1 Å². The molecule has 1 aromatic heterocycles. The fourth-order valence-electron chi connectivity index (χ4n) is 1.69. The monoisotopic (exact) mass is 246 g/mol. The Morgan fingerprint density at radius 2 is 2.06 bits per heavy atom. The predicted molar refractivity (Wildman–Crippen MR) is 69.2 cm³/mol. The first-order valence-corrected chi connectivity index (χ1v) is 6.05. The van der Waals surface area contributed by atoms with Crippen molar-refractivity contribution < 1.29 is 9.63 Å². The Morgan fingerprint density at radius 1 is 1.28 bits per heavy atom. The number of aliphatic hydroxyl groups excluding tert-OH is 1. The maximum atomic E-state index is 8.82. The lowest BCUT2D eigenvalue weighted by atomic mass is 9.86. The molecule has 0 aliphatic carbocycles. The summed E-state index contributed by atoms with van der Waals surface area (Å²) in [5.74, 6) is 1.04. The molecule has 0 aliphatic rings. The van der Waals surface area contributed by atoms with Gasteiger partial charge in [0.1, 0.15) is 0 Å². The van der Waals surface area contributed by atoms with Gasteiger partial charge in [-0.15, -0.1) is 0 Å². The summed E-state index contributed by atoms with van der Waals surface area (Å²) in [5.41, 5.74) is 2.26. The van der Waals surface area contributed by atoms with Gasteiger partial charge in [0.2, 0.25) is 11.7 Å². The van der Waals surface area contributed by atoms with Crippen LogP contribution in [-0.4, -0.2) is 21.9 Å². The minimum absolute atomic E-state index is 0.0175. The van der Waals surface area contributed by atoms with Gasteiger partial charge in [-0.1, -0.05) is 44.1 Å². The van der Waals surface area contributed by atoms with Crippen LogP contribution in [0.25, 0.3) is 11.4 Å². The van der Waals surface area contributed by atoms with Gasteiger partial charge in [0.15, 0.2) is 0 Å². The van der Waals surface area contributed by atoms with Gasteiger partial charge in [-0.25, -0.2) is 0 Å². The largest absolute Gasteiger partial charge is 0.396 e. The average Bonchev–Trinajstić information content (AvgIpc) is 2.77. The Hall–Kier alpha value is -1.68.